The molecule has 0 unspecified atom stereocenters. The van der Waals surface area contributed by atoms with Gasteiger partial charge in [0, 0.05) is 33.2 Å². The molecule has 1 atom stereocenters. The van der Waals surface area contributed by atoms with E-state index in [1.165, 1.54) is 4.31 Å². The standard InChI is InChI=1S/C23H31N3O3S/c1-18-10-11-19(2)22(16-18)30(28,29)26-14-12-25(13-15-26)17-23(27)24(4)20(3)21-8-6-5-7-9-21/h5-11,16,20H,12-15,17H2,1-4H3/t20-/m1/s1. The Labute approximate surface area is 180 Å². The van der Waals surface area contributed by atoms with E-state index >= 15 is 0 Å². The first-order chi connectivity index (χ1) is 14.2. The Morgan fingerprint density at radius 1 is 1.03 bits per heavy atom. The average molecular weight is 430 g/mol. The van der Waals surface area contributed by atoms with E-state index in [-0.39, 0.29) is 11.9 Å². The number of carbonyl (C=O) groups excluding carboxylic acids is 1. The fourth-order valence-electron chi connectivity index (χ4n) is 3.73. The van der Waals surface area contributed by atoms with E-state index in [1.54, 1.807) is 11.0 Å². The van der Waals surface area contributed by atoms with Gasteiger partial charge in [-0.15, -0.1) is 0 Å². The first kappa shape index (κ1) is 22.5. The van der Waals surface area contributed by atoms with Crippen LogP contribution in [0.3, 0.4) is 0 Å². The number of benzene rings is 2. The van der Waals surface area contributed by atoms with Crippen molar-refractivity contribution in [3.05, 3.63) is 65.2 Å². The van der Waals surface area contributed by atoms with E-state index in [0.29, 0.717) is 37.6 Å². The van der Waals surface area contributed by atoms with E-state index in [2.05, 4.69) is 0 Å². The Balaban J connectivity index is 1.59. The van der Waals surface area contributed by atoms with Gasteiger partial charge < -0.3 is 4.90 Å². The zero-order chi connectivity index (χ0) is 21.9. The molecule has 0 aliphatic carbocycles. The largest absolute Gasteiger partial charge is 0.338 e. The Kier molecular flexibility index (Phi) is 6.95. The van der Waals surface area contributed by atoms with Gasteiger partial charge in [0.15, 0.2) is 0 Å². The molecule has 3 rings (SSSR count). The van der Waals surface area contributed by atoms with Crippen molar-refractivity contribution in [2.45, 2.75) is 31.7 Å². The van der Waals surface area contributed by atoms with Gasteiger partial charge in [-0.3, -0.25) is 9.69 Å². The summed E-state index contributed by atoms with van der Waals surface area (Å²) < 4.78 is 27.7. The van der Waals surface area contributed by atoms with E-state index in [9.17, 15) is 13.2 Å². The second-order valence-corrected chi connectivity index (χ2v) is 9.95. The highest BCUT2D eigenvalue weighted by molar-refractivity contribution is 7.89. The summed E-state index contributed by atoms with van der Waals surface area (Å²) in [5, 5.41) is 0. The number of hydrogen-bond donors (Lipinski definition) is 0. The van der Waals surface area contributed by atoms with Crippen LogP contribution in [0.5, 0.6) is 0 Å². The van der Waals surface area contributed by atoms with Gasteiger partial charge in [0.2, 0.25) is 15.9 Å². The van der Waals surface area contributed by atoms with Crippen molar-refractivity contribution in [3.8, 4) is 0 Å². The highest BCUT2D eigenvalue weighted by Crippen LogP contribution is 2.23. The molecule has 1 heterocycles. The summed E-state index contributed by atoms with van der Waals surface area (Å²) in [6.45, 7) is 7.90. The van der Waals surface area contributed by atoms with Crippen LogP contribution in [0, 0.1) is 13.8 Å². The summed E-state index contributed by atoms with van der Waals surface area (Å²) in [4.78, 5) is 16.9. The summed E-state index contributed by atoms with van der Waals surface area (Å²) >= 11 is 0. The Hall–Kier alpha value is -2.22. The molecule has 0 spiro atoms. The summed E-state index contributed by atoms with van der Waals surface area (Å²) in [6.07, 6.45) is 0. The van der Waals surface area contributed by atoms with Crippen molar-refractivity contribution in [1.82, 2.24) is 14.1 Å². The first-order valence-corrected chi connectivity index (χ1v) is 11.7. The fourth-order valence-corrected chi connectivity index (χ4v) is 5.46. The predicted octanol–water partition coefficient (Wildman–Crippen LogP) is 2.83. The molecule has 1 amide bonds. The summed E-state index contributed by atoms with van der Waals surface area (Å²) in [5.74, 6) is 0.0391. The van der Waals surface area contributed by atoms with Gasteiger partial charge in [-0.2, -0.15) is 4.31 Å². The first-order valence-electron chi connectivity index (χ1n) is 10.3. The quantitative estimate of drug-likeness (QED) is 0.709. The summed E-state index contributed by atoms with van der Waals surface area (Å²) in [5.41, 5.74) is 2.78. The average Bonchev–Trinajstić information content (AvgIpc) is 2.75. The van der Waals surface area contributed by atoms with Gasteiger partial charge in [0.25, 0.3) is 0 Å². The van der Waals surface area contributed by atoms with Crippen molar-refractivity contribution in [3.63, 3.8) is 0 Å². The number of sulfonamides is 1. The Morgan fingerprint density at radius 3 is 2.30 bits per heavy atom. The number of aryl methyl sites for hydroxylation is 2. The van der Waals surface area contributed by atoms with Crippen LogP contribution in [0.2, 0.25) is 0 Å². The normalized spacial score (nSPS) is 16.9. The minimum atomic E-state index is -3.52. The molecule has 162 valence electrons. The number of likely N-dealkylation sites (N-methyl/N-ethyl adjacent to an activating group) is 1. The van der Waals surface area contributed by atoms with Crippen LogP contribution >= 0.6 is 0 Å². The smallest absolute Gasteiger partial charge is 0.243 e. The van der Waals surface area contributed by atoms with Crippen molar-refractivity contribution in [1.29, 1.82) is 0 Å². The maximum absolute atomic E-state index is 13.1. The summed E-state index contributed by atoms with van der Waals surface area (Å²) in [7, 11) is -1.70. The molecule has 2 aromatic rings. The predicted molar refractivity (Wildman–Crippen MR) is 119 cm³/mol. The molecule has 1 aliphatic rings. The molecule has 1 saturated heterocycles. The fraction of sp³-hybridized carbons (Fsp3) is 0.435. The molecule has 0 saturated carbocycles. The zero-order valence-electron chi connectivity index (χ0n) is 18.2. The van der Waals surface area contributed by atoms with Gasteiger partial charge in [0.1, 0.15) is 0 Å². The van der Waals surface area contributed by atoms with Crippen LogP contribution in [0.1, 0.15) is 29.7 Å². The second kappa shape index (κ2) is 9.29. The van der Waals surface area contributed by atoms with Crippen LogP contribution in [-0.4, -0.2) is 68.2 Å². The molecule has 1 fully saturated rings. The maximum Gasteiger partial charge on any atom is 0.243 e. The molecule has 0 bridgehead atoms. The zero-order valence-corrected chi connectivity index (χ0v) is 19.0. The lowest BCUT2D eigenvalue weighted by Gasteiger charge is -2.35. The highest BCUT2D eigenvalue weighted by atomic mass is 32.2. The van der Waals surface area contributed by atoms with Crippen molar-refractivity contribution < 1.29 is 13.2 Å². The molecule has 0 aromatic heterocycles. The van der Waals surface area contributed by atoms with Gasteiger partial charge in [0.05, 0.1) is 17.5 Å². The third kappa shape index (κ3) is 4.91. The molecular weight excluding hydrogens is 398 g/mol. The lowest BCUT2D eigenvalue weighted by atomic mass is 10.1. The minimum absolute atomic E-state index is 0.00957. The third-order valence-corrected chi connectivity index (χ3v) is 7.95. The van der Waals surface area contributed by atoms with Crippen LogP contribution < -0.4 is 0 Å². The van der Waals surface area contributed by atoms with Crippen LogP contribution in [0.4, 0.5) is 0 Å². The Bertz CT molecular complexity index is 984. The van der Waals surface area contributed by atoms with E-state index in [1.807, 2.05) is 75.2 Å². The van der Waals surface area contributed by atoms with E-state index < -0.39 is 10.0 Å². The van der Waals surface area contributed by atoms with Crippen molar-refractivity contribution in [2.24, 2.45) is 0 Å². The van der Waals surface area contributed by atoms with Crippen molar-refractivity contribution >= 4 is 15.9 Å². The molecule has 30 heavy (non-hydrogen) atoms. The SMILES string of the molecule is Cc1ccc(C)c(S(=O)(=O)N2CCN(CC(=O)N(C)[C@H](C)c3ccccc3)CC2)c1. The number of amides is 1. The topological polar surface area (TPSA) is 60.9 Å². The van der Waals surface area contributed by atoms with Gasteiger partial charge in [-0.05, 0) is 43.5 Å². The maximum atomic E-state index is 13.1. The number of nitrogens with zero attached hydrogens (tertiary/aromatic N) is 3. The van der Waals surface area contributed by atoms with Crippen LogP contribution in [0.15, 0.2) is 53.4 Å². The minimum Gasteiger partial charge on any atom is -0.338 e. The van der Waals surface area contributed by atoms with E-state index in [0.717, 1.165) is 16.7 Å². The third-order valence-electron chi connectivity index (χ3n) is 5.91. The van der Waals surface area contributed by atoms with Gasteiger partial charge in [-0.1, -0.05) is 42.5 Å². The summed E-state index contributed by atoms with van der Waals surface area (Å²) in [6, 6.07) is 15.4. The molecule has 6 nitrogen and oxygen atoms in total. The number of piperazine rings is 1. The van der Waals surface area contributed by atoms with Gasteiger partial charge >= 0.3 is 0 Å². The molecule has 2 aromatic carbocycles. The number of rotatable bonds is 6. The van der Waals surface area contributed by atoms with E-state index in [4.69, 9.17) is 0 Å². The molecule has 0 N–H and O–H groups in total. The van der Waals surface area contributed by atoms with Gasteiger partial charge in [-0.25, -0.2) is 8.42 Å². The number of hydrogen-bond acceptors (Lipinski definition) is 4. The Morgan fingerprint density at radius 2 is 1.67 bits per heavy atom. The molecule has 7 heteroatoms. The lowest BCUT2D eigenvalue weighted by molar-refractivity contribution is -0.133. The number of carbonyl (C=O) groups is 1. The monoisotopic (exact) mass is 429 g/mol. The molecule has 1 aliphatic heterocycles. The molecular formula is C23H31N3O3S. The molecule has 0 radical (unpaired) electrons. The lowest BCUT2D eigenvalue weighted by Crippen LogP contribution is -2.51. The van der Waals surface area contributed by atoms with Crippen LogP contribution in [0.25, 0.3) is 0 Å². The second-order valence-electron chi connectivity index (χ2n) is 8.04. The van der Waals surface area contributed by atoms with Crippen molar-refractivity contribution in [2.75, 3.05) is 39.8 Å². The highest BCUT2D eigenvalue weighted by Gasteiger charge is 2.30. The van der Waals surface area contributed by atoms with Crippen LogP contribution in [-0.2, 0) is 14.8 Å².